The molecule has 0 rings (SSSR count). The van der Waals surface area contributed by atoms with Crippen LogP contribution >= 0.6 is 0 Å². The van der Waals surface area contributed by atoms with E-state index in [2.05, 4.69) is 4.74 Å². The molecule has 0 heterocycles. The van der Waals surface area contributed by atoms with E-state index in [0.29, 0.717) is 19.3 Å². The summed E-state index contributed by atoms with van der Waals surface area (Å²) in [4.78, 5) is 25.3. The topological polar surface area (TPSA) is 52.6 Å². The second-order valence-corrected chi connectivity index (χ2v) is 8.90. The molecule has 0 aromatic rings. The summed E-state index contributed by atoms with van der Waals surface area (Å²) in [7, 11) is 0. The van der Waals surface area contributed by atoms with E-state index in [1.807, 2.05) is 41.5 Å². The molecule has 0 aromatic heterocycles. The number of rotatable bonds is 11. The molecule has 7 heteroatoms. The minimum absolute atomic E-state index is 0.248. The van der Waals surface area contributed by atoms with Crippen LogP contribution in [0.3, 0.4) is 0 Å². The Morgan fingerprint density at radius 3 is 1.79 bits per heavy atom. The molecule has 0 radical (unpaired) electrons. The van der Waals surface area contributed by atoms with Crippen LogP contribution in [0.1, 0.15) is 87.5 Å². The fraction of sp³-hybridized carbons (Fsp3) is 0.905. The Labute approximate surface area is 167 Å². The van der Waals surface area contributed by atoms with Crippen molar-refractivity contribution in [3.05, 3.63) is 0 Å². The first-order valence-electron chi connectivity index (χ1n) is 10.0. The zero-order valence-corrected chi connectivity index (χ0v) is 18.6. The molecule has 0 aliphatic carbocycles. The van der Waals surface area contributed by atoms with E-state index in [0.717, 1.165) is 6.42 Å². The summed E-state index contributed by atoms with van der Waals surface area (Å²) >= 11 is 0. The van der Waals surface area contributed by atoms with E-state index in [-0.39, 0.29) is 11.3 Å². The second kappa shape index (κ2) is 9.97. The summed E-state index contributed by atoms with van der Waals surface area (Å²) in [5.74, 6) is -1.19. The van der Waals surface area contributed by atoms with Gasteiger partial charge in [0.05, 0.1) is 11.8 Å². The standard InChI is InChI=1S/C21H37F3O4/c1-9-18(6,7)19(8,12-15(4)5)17(26)28-20(10-2,11-3)13-16(25)27-14-21(22,23)24/h15H,9-14H2,1-8H3. The summed E-state index contributed by atoms with van der Waals surface area (Å²) in [6.45, 7) is 13.8. The summed E-state index contributed by atoms with van der Waals surface area (Å²) in [5, 5.41) is 0. The van der Waals surface area contributed by atoms with Gasteiger partial charge in [0.1, 0.15) is 5.60 Å². The number of alkyl halides is 3. The largest absolute Gasteiger partial charge is 0.458 e. The molecule has 0 N–H and O–H groups in total. The normalized spacial score (nSPS) is 15.3. The van der Waals surface area contributed by atoms with Gasteiger partial charge in [0.2, 0.25) is 0 Å². The van der Waals surface area contributed by atoms with Crippen LogP contribution in [-0.4, -0.2) is 30.3 Å². The molecule has 0 aliphatic rings. The Balaban J connectivity index is 5.58. The molecule has 1 unspecified atom stereocenters. The zero-order valence-electron chi connectivity index (χ0n) is 18.6. The lowest BCUT2D eigenvalue weighted by Gasteiger charge is -2.45. The molecule has 4 nitrogen and oxygen atoms in total. The third-order valence-electron chi connectivity index (χ3n) is 6.11. The van der Waals surface area contributed by atoms with Gasteiger partial charge < -0.3 is 9.47 Å². The number of ether oxygens (including phenoxy) is 2. The van der Waals surface area contributed by atoms with E-state index in [1.54, 1.807) is 13.8 Å². The summed E-state index contributed by atoms with van der Waals surface area (Å²) < 4.78 is 47.1. The SMILES string of the molecule is CCC(CC)(CC(=O)OCC(F)(F)F)OC(=O)C(C)(CC(C)C)C(C)(C)CC. The Morgan fingerprint density at radius 1 is 0.929 bits per heavy atom. The Morgan fingerprint density at radius 2 is 1.43 bits per heavy atom. The number of hydrogen-bond donors (Lipinski definition) is 0. The monoisotopic (exact) mass is 410 g/mol. The van der Waals surface area contributed by atoms with Crippen LogP contribution in [0, 0.1) is 16.7 Å². The van der Waals surface area contributed by atoms with Crippen LogP contribution in [0.25, 0.3) is 0 Å². The predicted octanol–water partition coefficient (Wildman–Crippen LogP) is 6.07. The molecular weight excluding hydrogens is 373 g/mol. The van der Waals surface area contributed by atoms with Crippen molar-refractivity contribution < 1.29 is 32.2 Å². The third-order valence-corrected chi connectivity index (χ3v) is 6.11. The van der Waals surface area contributed by atoms with Gasteiger partial charge in [0.15, 0.2) is 6.61 Å². The van der Waals surface area contributed by atoms with Gasteiger partial charge in [0, 0.05) is 0 Å². The Kier molecular flexibility index (Phi) is 9.52. The van der Waals surface area contributed by atoms with Crippen LogP contribution in [0.5, 0.6) is 0 Å². The number of hydrogen-bond acceptors (Lipinski definition) is 4. The van der Waals surface area contributed by atoms with Crippen molar-refractivity contribution in [1.82, 2.24) is 0 Å². The van der Waals surface area contributed by atoms with Gasteiger partial charge >= 0.3 is 18.1 Å². The maximum atomic E-state index is 13.3. The molecule has 0 saturated heterocycles. The highest BCUT2D eigenvalue weighted by molar-refractivity contribution is 5.79. The van der Waals surface area contributed by atoms with Gasteiger partial charge in [-0.3, -0.25) is 9.59 Å². The lowest BCUT2D eigenvalue weighted by molar-refractivity contribution is -0.196. The average Bonchev–Trinajstić information content (AvgIpc) is 2.57. The molecule has 0 aliphatic heterocycles. The highest BCUT2D eigenvalue weighted by atomic mass is 19.4. The van der Waals surface area contributed by atoms with Crippen molar-refractivity contribution in [1.29, 1.82) is 0 Å². The molecule has 0 saturated carbocycles. The fourth-order valence-corrected chi connectivity index (χ4v) is 3.31. The maximum absolute atomic E-state index is 13.3. The molecule has 1 atom stereocenters. The number of carbonyl (C=O) groups is 2. The molecule has 0 bridgehead atoms. The van der Waals surface area contributed by atoms with Crippen molar-refractivity contribution in [2.45, 2.75) is 99.3 Å². The minimum Gasteiger partial charge on any atom is -0.458 e. The van der Waals surface area contributed by atoms with E-state index >= 15 is 0 Å². The van der Waals surface area contributed by atoms with Gasteiger partial charge in [-0.1, -0.05) is 48.5 Å². The van der Waals surface area contributed by atoms with Crippen molar-refractivity contribution in [3.63, 3.8) is 0 Å². The molecule has 0 aromatic carbocycles. The summed E-state index contributed by atoms with van der Waals surface area (Å²) in [6, 6.07) is 0. The van der Waals surface area contributed by atoms with Gasteiger partial charge in [0.25, 0.3) is 0 Å². The molecule has 0 amide bonds. The molecule has 166 valence electrons. The molecule has 28 heavy (non-hydrogen) atoms. The highest BCUT2D eigenvalue weighted by Gasteiger charge is 2.50. The average molecular weight is 411 g/mol. The van der Waals surface area contributed by atoms with E-state index in [4.69, 9.17) is 4.74 Å². The van der Waals surface area contributed by atoms with Crippen molar-refractivity contribution >= 4 is 11.9 Å². The third kappa shape index (κ3) is 7.28. The van der Waals surface area contributed by atoms with Gasteiger partial charge in [-0.15, -0.1) is 0 Å². The first kappa shape index (κ1) is 26.7. The van der Waals surface area contributed by atoms with Gasteiger partial charge in [-0.25, -0.2) is 0 Å². The van der Waals surface area contributed by atoms with E-state index in [1.165, 1.54) is 0 Å². The second-order valence-electron chi connectivity index (χ2n) is 8.90. The smallest absolute Gasteiger partial charge is 0.422 e. The minimum atomic E-state index is -4.59. The Hall–Kier alpha value is -1.27. The van der Waals surface area contributed by atoms with Crippen LogP contribution in [-0.2, 0) is 19.1 Å². The van der Waals surface area contributed by atoms with Crippen molar-refractivity contribution in [3.8, 4) is 0 Å². The number of esters is 2. The lowest BCUT2D eigenvalue weighted by Crippen LogP contribution is -2.48. The fourth-order valence-electron chi connectivity index (χ4n) is 3.31. The van der Waals surface area contributed by atoms with Crippen molar-refractivity contribution in [2.75, 3.05) is 6.61 Å². The highest BCUT2D eigenvalue weighted by Crippen LogP contribution is 2.48. The number of halogens is 3. The van der Waals surface area contributed by atoms with Crippen LogP contribution < -0.4 is 0 Å². The summed E-state index contributed by atoms with van der Waals surface area (Å²) in [6.07, 6.45) is -3.01. The Bertz CT molecular complexity index is 522. The number of carbonyl (C=O) groups excluding carboxylic acids is 2. The molecular formula is C21H37F3O4. The van der Waals surface area contributed by atoms with Gasteiger partial charge in [-0.05, 0) is 43.9 Å². The molecule has 0 spiro atoms. The van der Waals surface area contributed by atoms with E-state index < -0.39 is 42.2 Å². The van der Waals surface area contributed by atoms with Gasteiger partial charge in [-0.2, -0.15) is 13.2 Å². The summed E-state index contributed by atoms with van der Waals surface area (Å²) in [5.41, 5.74) is -2.32. The van der Waals surface area contributed by atoms with Crippen molar-refractivity contribution in [2.24, 2.45) is 16.7 Å². The first-order valence-corrected chi connectivity index (χ1v) is 10.0. The zero-order chi connectivity index (χ0) is 22.4. The van der Waals surface area contributed by atoms with Crippen LogP contribution in [0.15, 0.2) is 0 Å². The van der Waals surface area contributed by atoms with Crippen LogP contribution in [0.4, 0.5) is 13.2 Å². The quantitative estimate of drug-likeness (QED) is 0.388. The lowest BCUT2D eigenvalue weighted by atomic mass is 9.61. The molecule has 0 fully saturated rings. The maximum Gasteiger partial charge on any atom is 0.422 e. The van der Waals surface area contributed by atoms with E-state index in [9.17, 15) is 22.8 Å². The predicted molar refractivity (Wildman–Crippen MR) is 103 cm³/mol. The first-order chi connectivity index (χ1) is 12.6. The van der Waals surface area contributed by atoms with Crippen LogP contribution in [0.2, 0.25) is 0 Å².